The molecule has 3 nitrogen and oxygen atoms in total. The highest BCUT2D eigenvalue weighted by atomic mass is 19.1. The van der Waals surface area contributed by atoms with Gasteiger partial charge in [0.1, 0.15) is 11.6 Å². The van der Waals surface area contributed by atoms with E-state index < -0.39 is 17.6 Å². The van der Waals surface area contributed by atoms with Crippen molar-refractivity contribution < 1.29 is 13.6 Å². The minimum atomic E-state index is -0.801. The van der Waals surface area contributed by atoms with Crippen LogP contribution < -0.4 is 11.1 Å². The van der Waals surface area contributed by atoms with Crippen molar-refractivity contribution in [1.82, 2.24) is 0 Å². The molecule has 0 aliphatic rings. The predicted octanol–water partition coefficient (Wildman–Crippen LogP) is 1.89. The number of benzene rings is 1. The number of amides is 1. The van der Waals surface area contributed by atoms with Gasteiger partial charge in [-0.25, -0.2) is 8.78 Å². The lowest BCUT2D eigenvalue weighted by Crippen LogP contribution is -2.34. The zero-order valence-electron chi connectivity index (χ0n) is 9.13. The Bertz CT molecular complexity index is 394. The van der Waals surface area contributed by atoms with E-state index in [-0.39, 0.29) is 17.6 Å². The van der Waals surface area contributed by atoms with Crippen LogP contribution in [0, 0.1) is 17.6 Å². The van der Waals surface area contributed by atoms with Crippen LogP contribution in [0.25, 0.3) is 0 Å². The van der Waals surface area contributed by atoms with Crippen molar-refractivity contribution >= 4 is 11.6 Å². The molecule has 3 N–H and O–H groups in total. The van der Waals surface area contributed by atoms with Gasteiger partial charge >= 0.3 is 0 Å². The van der Waals surface area contributed by atoms with Crippen molar-refractivity contribution in [2.45, 2.75) is 19.9 Å². The first-order valence-electron chi connectivity index (χ1n) is 4.93. The predicted molar refractivity (Wildman–Crippen MR) is 57.8 cm³/mol. The summed E-state index contributed by atoms with van der Waals surface area (Å²) in [6.45, 7) is 3.33. The number of carbonyl (C=O) groups excluding carboxylic acids is 1. The molecule has 0 radical (unpaired) electrons. The quantitative estimate of drug-likeness (QED) is 0.830. The highest BCUT2D eigenvalue weighted by Crippen LogP contribution is 2.16. The van der Waals surface area contributed by atoms with Crippen molar-refractivity contribution in [3.63, 3.8) is 0 Å². The maximum atomic E-state index is 13.2. The Morgan fingerprint density at radius 1 is 1.38 bits per heavy atom. The monoisotopic (exact) mass is 228 g/mol. The number of hydrogen-bond acceptors (Lipinski definition) is 2. The fourth-order valence-corrected chi connectivity index (χ4v) is 1.08. The minimum absolute atomic E-state index is 0.0427. The van der Waals surface area contributed by atoms with Crippen molar-refractivity contribution in [1.29, 1.82) is 0 Å². The van der Waals surface area contributed by atoms with Gasteiger partial charge in [0.15, 0.2) is 0 Å². The minimum Gasteiger partial charge on any atom is -0.327 e. The molecule has 2 atom stereocenters. The molecule has 88 valence electrons. The third-order valence-electron chi connectivity index (χ3n) is 2.39. The second-order valence-electron chi connectivity index (χ2n) is 3.76. The van der Waals surface area contributed by atoms with Gasteiger partial charge in [-0.2, -0.15) is 0 Å². The molecule has 0 fully saturated rings. The Balaban J connectivity index is 2.77. The molecule has 1 amide bonds. The second-order valence-corrected chi connectivity index (χ2v) is 3.76. The zero-order valence-corrected chi connectivity index (χ0v) is 9.13. The standard InChI is InChI=1S/C11H14F2N2O/c1-6(7(2)14)11(16)15-10-4-3-8(12)5-9(10)13/h3-7H,14H2,1-2H3,(H,15,16). The highest BCUT2D eigenvalue weighted by Gasteiger charge is 2.18. The SMILES string of the molecule is CC(N)C(C)C(=O)Nc1ccc(F)cc1F. The Morgan fingerprint density at radius 3 is 2.50 bits per heavy atom. The molecule has 1 aromatic carbocycles. The van der Waals surface area contributed by atoms with E-state index in [2.05, 4.69) is 5.32 Å². The van der Waals surface area contributed by atoms with Gasteiger partial charge < -0.3 is 11.1 Å². The van der Waals surface area contributed by atoms with Gasteiger partial charge in [0.2, 0.25) is 5.91 Å². The number of nitrogens with one attached hydrogen (secondary N) is 1. The summed E-state index contributed by atoms with van der Waals surface area (Å²) in [6, 6.07) is 2.64. The number of anilines is 1. The van der Waals surface area contributed by atoms with Crippen molar-refractivity contribution in [3.8, 4) is 0 Å². The molecule has 0 aromatic heterocycles. The lowest BCUT2D eigenvalue weighted by atomic mass is 10.0. The smallest absolute Gasteiger partial charge is 0.228 e. The first-order chi connectivity index (χ1) is 7.41. The third kappa shape index (κ3) is 3.00. The normalized spacial score (nSPS) is 14.3. The van der Waals surface area contributed by atoms with Gasteiger partial charge in [0.25, 0.3) is 0 Å². The van der Waals surface area contributed by atoms with E-state index in [0.717, 1.165) is 6.07 Å². The molecular formula is C11H14F2N2O. The number of hydrogen-bond donors (Lipinski definition) is 2. The third-order valence-corrected chi connectivity index (χ3v) is 2.39. The van der Waals surface area contributed by atoms with Crippen molar-refractivity contribution in [2.24, 2.45) is 11.7 Å². The molecule has 1 rings (SSSR count). The highest BCUT2D eigenvalue weighted by molar-refractivity contribution is 5.92. The molecule has 0 spiro atoms. The summed E-state index contributed by atoms with van der Waals surface area (Å²) >= 11 is 0. The largest absolute Gasteiger partial charge is 0.327 e. The van der Waals surface area contributed by atoms with Crippen molar-refractivity contribution in [2.75, 3.05) is 5.32 Å². The Kier molecular flexibility index (Phi) is 3.95. The Hall–Kier alpha value is -1.49. The Labute approximate surface area is 92.6 Å². The first kappa shape index (κ1) is 12.6. The average Bonchev–Trinajstić information content (AvgIpc) is 2.20. The van der Waals surface area contributed by atoms with E-state index in [4.69, 9.17) is 5.73 Å². The van der Waals surface area contributed by atoms with E-state index in [1.165, 1.54) is 6.07 Å². The van der Waals surface area contributed by atoms with Gasteiger partial charge in [-0.3, -0.25) is 4.79 Å². The first-order valence-corrected chi connectivity index (χ1v) is 4.93. The van der Waals surface area contributed by atoms with Gasteiger partial charge in [-0.1, -0.05) is 6.92 Å². The topological polar surface area (TPSA) is 55.1 Å². The fraction of sp³-hybridized carbons (Fsp3) is 0.364. The molecule has 0 saturated carbocycles. The molecule has 5 heteroatoms. The zero-order chi connectivity index (χ0) is 12.3. The summed E-state index contributed by atoms with van der Waals surface area (Å²) < 4.78 is 25.8. The second kappa shape index (κ2) is 5.03. The molecule has 0 heterocycles. The van der Waals surface area contributed by atoms with E-state index >= 15 is 0 Å². The van der Waals surface area contributed by atoms with Gasteiger partial charge in [0, 0.05) is 12.1 Å². The molecule has 2 unspecified atom stereocenters. The number of carbonyl (C=O) groups is 1. The van der Waals surface area contributed by atoms with Crippen LogP contribution in [0.4, 0.5) is 14.5 Å². The molecule has 1 aromatic rings. The Morgan fingerprint density at radius 2 is 2.00 bits per heavy atom. The summed E-state index contributed by atoms with van der Waals surface area (Å²) in [5.41, 5.74) is 5.50. The molecule has 0 saturated heterocycles. The van der Waals surface area contributed by atoms with Crippen LogP contribution in [-0.2, 0) is 4.79 Å². The summed E-state index contributed by atoms with van der Waals surface area (Å²) in [5.74, 6) is -2.31. The average molecular weight is 228 g/mol. The maximum absolute atomic E-state index is 13.2. The van der Waals surface area contributed by atoms with E-state index in [9.17, 15) is 13.6 Å². The van der Waals surface area contributed by atoms with E-state index in [1.54, 1.807) is 13.8 Å². The van der Waals surface area contributed by atoms with Crippen LogP contribution in [0.15, 0.2) is 18.2 Å². The van der Waals surface area contributed by atoms with Gasteiger partial charge in [0.05, 0.1) is 11.6 Å². The lowest BCUT2D eigenvalue weighted by molar-refractivity contribution is -0.119. The van der Waals surface area contributed by atoms with Crippen molar-refractivity contribution in [3.05, 3.63) is 29.8 Å². The molecule has 0 aliphatic heterocycles. The number of rotatable bonds is 3. The summed E-state index contributed by atoms with van der Waals surface area (Å²) in [4.78, 5) is 11.5. The molecular weight excluding hydrogens is 214 g/mol. The van der Waals surface area contributed by atoms with Gasteiger partial charge in [-0.15, -0.1) is 0 Å². The van der Waals surface area contributed by atoms with Crippen LogP contribution in [0.5, 0.6) is 0 Å². The van der Waals surface area contributed by atoms with Crippen LogP contribution in [0.1, 0.15) is 13.8 Å². The van der Waals surface area contributed by atoms with Crippen LogP contribution in [0.3, 0.4) is 0 Å². The molecule has 0 aliphatic carbocycles. The van der Waals surface area contributed by atoms with Crippen LogP contribution in [-0.4, -0.2) is 11.9 Å². The van der Waals surface area contributed by atoms with Crippen LogP contribution >= 0.6 is 0 Å². The number of halogens is 2. The number of nitrogens with two attached hydrogens (primary N) is 1. The van der Waals surface area contributed by atoms with E-state index in [0.29, 0.717) is 6.07 Å². The van der Waals surface area contributed by atoms with Crippen LogP contribution in [0.2, 0.25) is 0 Å². The summed E-state index contributed by atoms with van der Waals surface area (Å²) in [6.07, 6.45) is 0. The lowest BCUT2D eigenvalue weighted by Gasteiger charge is -2.15. The summed E-state index contributed by atoms with van der Waals surface area (Å²) in [7, 11) is 0. The maximum Gasteiger partial charge on any atom is 0.228 e. The van der Waals surface area contributed by atoms with Gasteiger partial charge in [-0.05, 0) is 19.1 Å². The fourth-order valence-electron chi connectivity index (χ4n) is 1.08. The van der Waals surface area contributed by atoms with E-state index in [1.807, 2.05) is 0 Å². The summed E-state index contributed by atoms with van der Waals surface area (Å²) in [5, 5.41) is 2.36. The molecule has 16 heavy (non-hydrogen) atoms. The molecule has 0 bridgehead atoms.